The Morgan fingerprint density at radius 3 is 2.52 bits per heavy atom. The van der Waals surface area contributed by atoms with Gasteiger partial charge in [0, 0.05) is 23.2 Å². The van der Waals surface area contributed by atoms with Gasteiger partial charge < -0.3 is 4.90 Å². The van der Waals surface area contributed by atoms with Crippen LogP contribution in [0.5, 0.6) is 0 Å². The quantitative estimate of drug-likeness (QED) is 0.760. The van der Waals surface area contributed by atoms with E-state index >= 15 is 0 Å². The maximum Gasteiger partial charge on any atom is 0.243 e. The van der Waals surface area contributed by atoms with Crippen LogP contribution >= 0.6 is 15.9 Å². The Morgan fingerprint density at radius 1 is 1.20 bits per heavy atom. The van der Waals surface area contributed by atoms with Crippen LogP contribution in [0.4, 0.5) is 5.69 Å². The highest BCUT2D eigenvalue weighted by atomic mass is 79.9. The minimum absolute atomic E-state index is 0.0219. The first-order valence-electron chi connectivity index (χ1n) is 7.92. The third kappa shape index (κ3) is 3.49. The molecule has 0 saturated heterocycles. The topological polar surface area (TPSA) is 57.7 Å². The fourth-order valence-corrected chi connectivity index (χ4v) is 4.47. The molecule has 2 aromatic carbocycles. The number of fused-ring (bicyclic) bond motifs is 1. The predicted molar refractivity (Wildman–Crippen MR) is 101 cm³/mol. The summed E-state index contributed by atoms with van der Waals surface area (Å²) in [6.45, 7) is 1.78. The number of hydrogen-bond acceptors (Lipinski definition) is 3. The van der Waals surface area contributed by atoms with E-state index in [-0.39, 0.29) is 23.4 Å². The summed E-state index contributed by atoms with van der Waals surface area (Å²) in [5.74, 6) is -0.222. The number of carbonyl (C=O) groups is 1. The fourth-order valence-electron chi connectivity index (χ4n) is 3.08. The van der Waals surface area contributed by atoms with Crippen LogP contribution in [-0.2, 0) is 21.2 Å². The molecule has 0 aliphatic carbocycles. The maximum absolute atomic E-state index is 12.8. The van der Waals surface area contributed by atoms with Crippen LogP contribution in [0.1, 0.15) is 12.5 Å². The van der Waals surface area contributed by atoms with Crippen molar-refractivity contribution in [2.75, 3.05) is 18.5 Å². The van der Waals surface area contributed by atoms with Gasteiger partial charge in [0.25, 0.3) is 0 Å². The van der Waals surface area contributed by atoms with Gasteiger partial charge in [-0.25, -0.2) is 8.42 Å². The van der Waals surface area contributed by atoms with Gasteiger partial charge in [0.05, 0.1) is 11.4 Å². The van der Waals surface area contributed by atoms with Gasteiger partial charge >= 0.3 is 0 Å². The van der Waals surface area contributed by atoms with Crippen molar-refractivity contribution in [3.8, 4) is 0 Å². The van der Waals surface area contributed by atoms with Gasteiger partial charge in [-0.1, -0.05) is 34.1 Å². The SMILES string of the molecule is CC1Cc2ccccc2N1C(=O)CN(C)S(=O)(=O)c1ccc(Br)cc1. The second-order valence-electron chi connectivity index (χ2n) is 6.16. The summed E-state index contributed by atoms with van der Waals surface area (Å²) in [6, 6.07) is 14.1. The van der Waals surface area contributed by atoms with Gasteiger partial charge in [-0.15, -0.1) is 0 Å². The molecule has 0 fully saturated rings. The van der Waals surface area contributed by atoms with Crippen LogP contribution in [0.3, 0.4) is 0 Å². The van der Waals surface area contributed by atoms with Crippen LogP contribution in [0.2, 0.25) is 0 Å². The highest BCUT2D eigenvalue weighted by molar-refractivity contribution is 9.10. The average molecular weight is 423 g/mol. The number of rotatable bonds is 4. The summed E-state index contributed by atoms with van der Waals surface area (Å²) in [6.07, 6.45) is 0.783. The number of sulfonamides is 1. The number of nitrogens with zero attached hydrogens (tertiary/aromatic N) is 2. The van der Waals surface area contributed by atoms with Gasteiger partial charge in [-0.3, -0.25) is 4.79 Å². The van der Waals surface area contributed by atoms with Crippen LogP contribution in [0.25, 0.3) is 0 Å². The highest BCUT2D eigenvalue weighted by Gasteiger charge is 2.33. The van der Waals surface area contributed by atoms with E-state index in [1.807, 2.05) is 31.2 Å². The Kier molecular flexibility index (Phi) is 4.99. The van der Waals surface area contributed by atoms with E-state index in [4.69, 9.17) is 0 Å². The Morgan fingerprint density at radius 2 is 1.84 bits per heavy atom. The normalized spacial score (nSPS) is 17.0. The number of anilines is 1. The van der Waals surface area contributed by atoms with E-state index < -0.39 is 10.0 Å². The first-order valence-corrected chi connectivity index (χ1v) is 10.2. The molecule has 3 rings (SSSR count). The van der Waals surface area contributed by atoms with Gasteiger partial charge in [0.1, 0.15) is 0 Å². The molecule has 1 heterocycles. The van der Waals surface area contributed by atoms with Gasteiger partial charge in [0.15, 0.2) is 0 Å². The smallest absolute Gasteiger partial charge is 0.243 e. The molecule has 1 aliphatic rings. The Balaban J connectivity index is 1.80. The Bertz CT molecular complexity index is 897. The fraction of sp³-hybridized carbons (Fsp3) is 0.278. The number of likely N-dealkylation sites (N-methyl/N-ethyl adjacent to an activating group) is 1. The molecule has 1 aliphatic heterocycles. The number of hydrogen-bond donors (Lipinski definition) is 0. The average Bonchev–Trinajstić information content (AvgIpc) is 2.90. The highest BCUT2D eigenvalue weighted by Crippen LogP contribution is 2.32. The summed E-state index contributed by atoms with van der Waals surface area (Å²) in [7, 11) is -2.28. The van der Waals surface area contributed by atoms with Crippen LogP contribution < -0.4 is 4.90 Å². The molecule has 7 heteroatoms. The lowest BCUT2D eigenvalue weighted by Crippen LogP contribution is -2.43. The van der Waals surface area contributed by atoms with Gasteiger partial charge in [-0.2, -0.15) is 4.31 Å². The van der Waals surface area contributed by atoms with Crippen molar-refractivity contribution in [3.05, 3.63) is 58.6 Å². The summed E-state index contributed by atoms with van der Waals surface area (Å²) >= 11 is 3.29. The predicted octanol–water partition coefficient (Wildman–Crippen LogP) is 3.05. The third-order valence-electron chi connectivity index (χ3n) is 4.36. The molecule has 0 radical (unpaired) electrons. The number of para-hydroxylation sites is 1. The van der Waals surface area contributed by atoms with Crippen molar-refractivity contribution in [2.45, 2.75) is 24.3 Å². The van der Waals surface area contributed by atoms with Crippen LogP contribution in [0.15, 0.2) is 57.9 Å². The van der Waals surface area contributed by atoms with Crippen molar-refractivity contribution < 1.29 is 13.2 Å². The first-order chi connectivity index (χ1) is 11.8. The number of amides is 1. The minimum Gasteiger partial charge on any atom is -0.308 e. The van der Waals surface area contributed by atoms with E-state index in [2.05, 4.69) is 15.9 Å². The van der Waals surface area contributed by atoms with Crippen molar-refractivity contribution in [2.24, 2.45) is 0 Å². The van der Waals surface area contributed by atoms with Gasteiger partial charge in [0.2, 0.25) is 15.9 Å². The lowest BCUT2D eigenvalue weighted by molar-refractivity contribution is -0.118. The molecule has 1 amide bonds. The van der Waals surface area contributed by atoms with E-state index in [1.54, 1.807) is 17.0 Å². The van der Waals surface area contributed by atoms with Crippen molar-refractivity contribution in [1.82, 2.24) is 4.31 Å². The van der Waals surface area contributed by atoms with Crippen molar-refractivity contribution in [3.63, 3.8) is 0 Å². The minimum atomic E-state index is -3.71. The Hall–Kier alpha value is -1.70. The third-order valence-corrected chi connectivity index (χ3v) is 6.70. The van der Waals surface area contributed by atoms with E-state index in [9.17, 15) is 13.2 Å². The van der Waals surface area contributed by atoms with Crippen molar-refractivity contribution in [1.29, 1.82) is 0 Å². The summed E-state index contributed by atoms with van der Waals surface area (Å²) < 4.78 is 27.2. The second-order valence-corrected chi connectivity index (χ2v) is 9.12. The lowest BCUT2D eigenvalue weighted by Gasteiger charge is -2.25. The molecule has 2 aromatic rings. The summed E-state index contributed by atoms with van der Waals surface area (Å²) in [5.41, 5.74) is 1.98. The molecule has 0 saturated carbocycles. The van der Waals surface area contributed by atoms with Crippen LogP contribution in [-0.4, -0.2) is 38.3 Å². The molecule has 5 nitrogen and oxygen atoms in total. The Labute approximate surface area is 156 Å². The molecule has 25 heavy (non-hydrogen) atoms. The van der Waals surface area contributed by atoms with E-state index in [0.717, 1.165) is 26.4 Å². The zero-order chi connectivity index (χ0) is 18.2. The van der Waals surface area contributed by atoms with Gasteiger partial charge in [-0.05, 0) is 49.2 Å². The summed E-state index contributed by atoms with van der Waals surface area (Å²) in [5, 5.41) is 0. The number of halogens is 1. The number of carbonyl (C=O) groups excluding carboxylic acids is 1. The molecular weight excluding hydrogens is 404 g/mol. The molecular formula is C18H19BrN2O3S. The standard InChI is InChI=1S/C18H19BrN2O3S/c1-13-11-14-5-3-4-6-17(14)21(13)18(22)12-20(2)25(23,24)16-9-7-15(19)8-10-16/h3-10,13H,11-12H2,1-2H3. The summed E-state index contributed by atoms with van der Waals surface area (Å²) in [4.78, 5) is 14.6. The van der Waals surface area contributed by atoms with Crippen LogP contribution in [0, 0.1) is 0 Å². The molecule has 1 unspecified atom stereocenters. The molecule has 0 spiro atoms. The molecule has 1 atom stereocenters. The molecule has 0 N–H and O–H groups in total. The molecule has 132 valence electrons. The molecule has 0 bridgehead atoms. The second kappa shape index (κ2) is 6.90. The van der Waals surface area contributed by atoms with E-state index in [1.165, 1.54) is 19.2 Å². The first kappa shape index (κ1) is 18.1. The zero-order valence-electron chi connectivity index (χ0n) is 14.0. The molecule has 0 aromatic heterocycles. The lowest BCUT2D eigenvalue weighted by atomic mass is 10.1. The monoisotopic (exact) mass is 422 g/mol. The maximum atomic E-state index is 12.8. The van der Waals surface area contributed by atoms with E-state index in [0.29, 0.717) is 0 Å². The zero-order valence-corrected chi connectivity index (χ0v) is 16.4. The largest absolute Gasteiger partial charge is 0.308 e. The number of benzene rings is 2. The van der Waals surface area contributed by atoms with Crippen molar-refractivity contribution >= 4 is 37.5 Å².